The topological polar surface area (TPSA) is 150 Å². The van der Waals surface area contributed by atoms with Crippen LogP contribution in [-0.4, -0.2) is 102 Å². The van der Waals surface area contributed by atoms with Gasteiger partial charge in [-0.15, -0.1) is 0 Å². The standard InChI is InChI=1S/C39H50N6O7/c1-39(2,3)52-38(50)41-31-19-25-17-24(25)18-27-7-11-33(45(27)36(31)48)37(49)44-21-26(22-44)30-20-40-14-13-32(30)43(4)15-16-51-28-8-5-23(6-9-28)29-10-12-34(46)42-35(29)47/h5-6,8-9,13-14,20,24-27,29,31,33H,7,10-12,15-19,21-22H2,1-4H3,(H,41,50)(H,42,46,47)/t24-,25+,27-,29?,31+,33+/m1/s1. The fourth-order valence-electron chi connectivity index (χ4n) is 8.44. The molecule has 5 amide bonds. The molecule has 52 heavy (non-hydrogen) atoms. The molecule has 1 aromatic heterocycles. The number of fused-ring (bicyclic) bond motifs is 2. The molecule has 4 saturated heterocycles. The van der Waals surface area contributed by atoms with Crippen molar-refractivity contribution in [3.05, 3.63) is 53.9 Å². The molecular weight excluding hydrogens is 664 g/mol. The maximum Gasteiger partial charge on any atom is 0.408 e. The van der Waals surface area contributed by atoms with Crippen LogP contribution in [0.1, 0.15) is 88.7 Å². The number of hydrogen-bond donors (Lipinski definition) is 2. The van der Waals surface area contributed by atoms with Crippen LogP contribution in [-0.2, 0) is 23.9 Å². The van der Waals surface area contributed by atoms with Crippen molar-refractivity contribution < 1.29 is 33.4 Å². The molecule has 0 bridgehead atoms. The van der Waals surface area contributed by atoms with Gasteiger partial charge < -0.3 is 29.5 Å². The van der Waals surface area contributed by atoms with Crippen LogP contribution >= 0.6 is 0 Å². The second-order valence-corrected chi connectivity index (χ2v) is 16.1. The summed E-state index contributed by atoms with van der Waals surface area (Å²) in [4.78, 5) is 74.6. The summed E-state index contributed by atoms with van der Waals surface area (Å²) >= 11 is 0. The van der Waals surface area contributed by atoms with E-state index in [1.165, 1.54) is 0 Å². The molecule has 278 valence electrons. The van der Waals surface area contributed by atoms with Crippen LogP contribution in [0.5, 0.6) is 5.75 Å². The molecule has 0 radical (unpaired) electrons. The molecule has 1 aliphatic carbocycles. The summed E-state index contributed by atoms with van der Waals surface area (Å²) in [7, 11) is 2.01. The van der Waals surface area contributed by atoms with E-state index in [0.29, 0.717) is 69.5 Å². The van der Waals surface area contributed by atoms with Crippen LogP contribution in [0.3, 0.4) is 0 Å². The Hall–Kier alpha value is -4.68. The van der Waals surface area contributed by atoms with Crippen molar-refractivity contribution in [1.82, 2.24) is 25.4 Å². The summed E-state index contributed by atoms with van der Waals surface area (Å²) in [6.45, 7) is 7.54. The zero-order chi connectivity index (χ0) is 36.7. The Morgan fingerprint density at radius 1 is 1.00 bits per heavy atom. The largest absolute Gasteiger partial charge is 0.492 e. The number of nitrogens with zero attached hydrogens (tertiary/aromatic N) is 4. The van der Waals surface area contributed by atoms with E-state index in [2.05, 4.69) is 20.5 Å². The molecule has 5 fully saturated rings. The highest BCUT2D eigenvalue weighted by Gasteiger charge is 2.52. The summed E-state index contributed by atoms with van der Waals surface area (Å²) in [5.41, 5.74) is 2.28. The number of pyridine rings is 1. The summed E-state index contributed by atoms with van der Waals surface area (Å²) in [5, 5.41) is 5.25. The Bertz CT molecular complexity index is 1700. The van der Waals surface area contributed by atoms with Gasteiger partial charge in [-0.25, -0.2) is 4.79 Å². The predicted molar refractivity (Wildman–Crippen MR) is 192 cm³/mol. The second kappa shape index (κ2) is 14.4. The molecule has 13 heteroatoms. The molecule has 1 aromatic carbocycles. The molecule has 13 nitrogen and oxygen atoms in total. The number of benzene rings is 1. The first kappa shape index (κ1) is 35.7. The molecule has 0 spiro atoms. The van der Waals surface area contributed by atoms with E-state index in [1.807, 2.05) is 48.5 Å². The number of likely N-dealkylation sites (N-methyl/N-ethyl adjacent to an activating group) is 1. The van der Waals surface area contributed by atoms with Gasteiger partial charge in [0.25, 0.3) is 0 Å². The Balaban J connectivity index is 0.934. The molecule has 1 saturated carbocycles. The molecule has 7 rings (SSSR count). The van der Waals surface area contributed by atoms with Crippen molar-refractivity contribution >= 4 is 35.4 Å². The van der Waals surface area contributed by atoms with Gasteiger partial charge in [0.2, 0.25) is 23.6 Å². The predicted octanol–water partition coefficient (Wildman–Crippen LogP) is 3.73. The van der Waals surface area contributed by atoms with Gasteiger partial charge in [-0.2, -0.15) is 0 Å². The molecule has 2 N–H and O–H groups in total. The smallest absolute Gasteiger partial charge is 0.408 e. The minimum absolute atomic E-state index is 0.0147. The van der Waals surface area contributed by atoms with Gasteiger partial charge in [-0.3, -0.25) is 29.5 Å². The van der Waals surface area contributed by atoms with E-state index in [-0.39, 0.29) is 41.5 Å². The summed E-state index contributed by atoms with van der Waals surface area (Å²) in [6, 6.07) is 8.23. The van der Waals surface area contributed by atoms with Crippen molar-refractivity contribution in [2.24, 2.45) is 11.8 Å². The molecule has 4 aliphatic heterocycles. The van der Waals surface area contributed by atoms with Crippen molar-refractivity contribution in [2.75, 3.05) is 38.2 Å². The molecular formula is C39H50N6O7. The lowest BCUT2D eigenvalue weighted by Gasteiger charge is -2.44. The average molecular weight is 715 g/mol. The van der Waals surface area contributed by atoms with E-state index in [4.69, 9.17) is 9.47 Å². The SMILES string of the molecule is CN(CCOc1ccc(C2CCC(=O)NC2=O)cc1)c1ccncc1C1CN(C(=O)[C@@H]2CC[C@@H]3C[C@H]4C[C@H]4C[C@H](NC(=O)OC(C)(C)C)C(=O)N32)C1. The third-order valence-electron chi connectivity index (χ3n) is 11.3. The fraction of sp³-hybridized carbons (Fsp3) is 0.590. The molecule has 1 unspecified atom stereocenters. The lowest BCUT2D eigenvalue weighted by atomic mass is 9.90. The molecule has 5 heterocycles. The minimum atomic E-state index is -0.695. The maximum atomic E-state index is 14.0. The van der Waals surface area contributed by atoms with Gasteiger partial charge >= 0.3 is 6.09 Å². The zero-order valence-electron chi connectivity index (χ0n) is 30.5. The monoisotopic (exact) mass is 714 g/mol. The lowest BCUT2D eigenvalue weighted by Crippen LogP contribution is -2.60. The maximum absolute atomic E-state index is 14.0. The van der Waals surface area contributed by atoms with E-state index in [1.54, 1.807) is 31.9 Å². The normalized spacial score (nSPS) is 27.3. The number of carbonyl (C=O) groups excluding carboxylic acids is 5. The first-order chi connectivity index (χ1) is 24.8. The Kier molecular flexibility index (Phi) is 9.88. The highest BCUT2D eigenvalue weighted by Crippen LogP contribution is 2.49. The number of ether oxygens (including phenoxy) is 2. The van der Waals surface area contributed by atoms with E-state index in [0.717, 1.165) is 36.1 Å². The number of nitrogens with one attached hydrogen (secondary N) is 2. The van der Waals surface area contributed by atoms with E-state index < -0.39 is 23.8 Å². The van der Waals surface area contributed by atoms with Crippen LogP contribution in [0.4, 0.5) is 10.5 Å². The summed E-state index contributed by atoms with van der Waals surface area (Å²) in [6.07, 6.45) is 7.88. The summed E-state index contributed by atoms with van der Waals surface area (Å²) in [5.74, 6) is 0.765. The van der Waals surface area contributed by atoms with Crippen LogP contribution in [0, 0.1) is 11.8 Å². The number of amides is 5. The van der Waals surface area contributed by atoms with E-state index in [9.17, 15) is 24.0 Å². The number of alkyl carbamates (subject to hydrolysis) is 1. The van der Waals surface area contributed by atoms with Gasteiger partial charge in [0.05, 0.1) is 12.5 Å². The van der Waals surface area contributed by atoms with Crippen molar-refractivity contribution in [3.8, 4) is 5.75 Å². The van der Waals surface area contributed by atoms with Crippen LogP contribution < -0.4 is 20.3 Å². The number of carbonyl (C=O) groups is 5. The Labute approximate surface area is 304 Å². The van der Waals surface area contributed by atoms with Crippen LogP contribution in [0.25, 0.3) is 0 Å². The number of hydrogen-bond acceptors (Lipinski definition) is 9. The van der Waals surface area contributed by atoms with Crippen LogP contribution in [0.2, 0.25) is 0 Å². The Morgan fingerprint density at radius 3 is 2.48 bits per heavy atom. The number of imide groups is 1. The van der Waals surface area contributed by atoms with Gasteiger partial charge in [0.1, 0.15) is 30.0 Å². The van der Waals surface area contributed by atoms with Crippen molar-refractivity contribution in [1.29, 1.82) is 0 Å². The highest BCUT2D eigenvalue weighted by atomic mass is 16.6. The third kappa shape index (κ3) is 7.73. The number of aromatic nitrogens is 1. The lowest BCUT2D eigenvalue weighted by molar-refractivity contribution is -0.149. The average Bonchev–Trinajstić information content (AvgIpc) is 3.65. The second-order valence-electron chi connectivity index (χ2n) is 16.1. The minimum Gasteiger partial charge on any atom is -0.492 e. The highest BCUT2D eigenvalue weighted by molar-refractivity contribution is 6.01. The fourth-order valence-corrected chi connectivity index (χ4v) is 8.44. The van der Waals surface area contributed by atoms with E-state index >= 15 is 0 Å². The zero-order valence-corrected chi connectivity index (χ0v) is 30.5. The summed E-state index contributed by atoms with van der Waals surface area (Å²) < 4.78 is 11.5. The van der Waals surface area contributed by atoms with Crippen molar-refractivity contribution in [2.45, 2.75) is 101 Å². The number of likely N-dealkylation sites (tertiary alicyclic amines) is 1. The third-order valence-corrected chi connectivity index (χ3v) is 11.3. The molecule has 2 aromatic rings. The quantitative estimate of drug-likeness (QED) is 0.371. The Morgan fingerprint density at radius 2 is 1.75 bits per heavy atom. The van der Waals surface area contributed by atoms with Gasteiger partial charge in [0.15, 0.2) is 0 Å². The number of piperidine rings is 1. The first-order valence-electron chi connectivity index (χ1n) is 18.7. The molecule has 6 atom stereocenters. The van der Waals surface area contributed by atoms with Gasteiger partial charge in [-0.05, 0) is 94.9 Å². The number of anilines is 1. The first-order valence-corrected chi connectivity index (χ1v) is 18.7. The van der Waals surface area contributed by atoms with Gasteiger partial charge in [0, 0.05) is 62.2 Å². The molecule has 5 aliphatic rings. The van der Waals surface area contributed by atoms with Crippen molar-refractivity contribution in [3.63, 3.8) is 0 Å². The number of rotatable bonds is 9. The van der Waals surface area contributed by atoms with Crippen LogP contribution in [0.15, 0.2) is 42.7 Å². The van der Waals surface area contributed by atoms with Gasteiger partial charge in [-0.1, -0.05) is 12.1 Å².